The van der Waals surface area contributed by atoms with Gasteiger partial charge in [-0.15, -0.1) is 0 Å². The number of rotatable bonds is 4. The zero-order valence-electron chi connectivity index (χ0n) is 8.17. The Balaban J connectivity index is 0.000000423. The molecule has 5 heteroatoms. The lowest BCUT2D eigenvalue weighted by atomic mass is 10.3. The van der Waals surface area contributed by atoms with E-state index in [4.69, 9.17) is 20.1 Å². The highest BCUT2D eigenvalue weighted by Crippen LogP contribution is 2.07. The summed E-state index contributed by atoms with van der Waals surface area (Å²) in [5.41, 5.74) is 0. The summed E-state index contributed by atoms with van der Waals surface area (Å²) in [4.78, 5) is 10.0. The number of aliphatic hydroxyl groups is 2. The number of ether oxygens (including phenoxy) is 1. The van der Waals surface area contributed by atoms with Crippen molar-refractivity contribution in [1.29, 1.82) is 0 Å². The first-order valence-corrected chi connectivity index (χ1v) is 4.32. The van der Waals surface area contributed by atoms with Crippen LogP contribution in [0.1, 0.15) is 0 Å². The summed E-state index contributed by atoms with van der Waals surface area (Å²) in [6.07, 6.45) is 0. The van der Waals surface area contributed by atoms with Gasteiger partial charge in [0.15, 0.2) is 6.61 Å². The number of para-hydroxylation sites is 1. The first-order chi connectivity index (χ1) is 7.20. The van der Waals surface area contributed by atoms with Gasteiger partial charge in [-0.3, -0.25) is 0 Å². The number of carboxylic acid groups (broad SMARTS) is 1. The first kappa shape index (κ1) is 13.4. The Hall–Kier alpha value is -1.59. The lowest BCUT2D eigenvalue weighted by Crippen LogP contribution is -2.09. The lowest BCUT2D eigenvalue weighted by molar-refractivity contribution is -0.139. The molecule has 0 unspecified atom stereocenters. The van der Waals surface area contributed by atoms with Crippen LogP contribution in [0, 0.1) is 0 Å². The number of benzene rings is 1. The van der Waals surface area contributed by atoms with E-state index in [9.17, 15) is 4.79 Å². The van der Waals surface area contributed by atoms with Crippen LogP contribution in [-0.4, -0.2) is 41.1 Å². The predicted octanol–water partition coefficient (Wildman–Crippen LogP) is 0.121. The molecule has 15 heavy (non-hydrogen) atoms. The third-order valence-corrected chi connectivity index (χ3v) is 1.21. The standard InChI is InChI=1S/C8H8O3.C2H6O2/c9-8(10)6-11-7-4-2-1-3-5-7;3-1-2-4/h1-5H,6H2,(H,9,10);3-4H,1-2H2. The van der Waals surface area contributed by atoms with Gasteiger partial charge in [-0.2, -0.15) is 0 Å². The van der Waals surface area contributed by atoms with Gasteiger partial charge in [0.2, 0.25) is 0 Å². The molecule has 0 fully saturated rings. The van der Waals surface area contributed by atoms with Gasteiger partial charge in [0.1, 0.15) is 5.75 Å². The van der Waals surface area contributed by atoms with Crippen molar-refractivity contribution >= 4 is 5.97 Å². The van der Waals surface area contributed by atoms with Gasteiger partial charge >= 0.3 is 5.97 Å². The second-order valence-corrected chi connectivity index (χ2v) is 2.44. The maximum atomic E-state index is 10.0. The van der Waals surface area contributed by atoms with E-state index < -0.39 is 5.97 Å². The van der Waals surface area contributed by atoms with E-state index in [2.05, 4.69) is 0 Å². The van der Waals surface area contributed by atoms with Gasteiger partial charge in [-0.05, 0) is 12.1 Å². The highest BCUT2D eigenvalue weighted by Gasteiger charge is 1.96. The molecule has 0 spiro atoms. The van der Waals surface area contributed by atoms with Gasteiger partial charge in [0.05, 0.1) is 13.2 Å². The van der Waals surface area contributed by atoms with Crippen LogP contribution in [0.5, 0.6) is 5.75 Å². The van der Waals surface area contributed by atoms with Crippen LogP contribution in [0.25, 0.3) is 0 Å². The molecule has 0 aromatic heterocycles. The van der Waals surface area contributed by atoms with Crippen molar-refractivity contribution in [2.75, 3.05) is 19.8 Å². The average molecular weight is 214 g/mol. The Labute approximate surface area is 87.6 Å². The number of carboxylic acids is 1. The van der Waals surface area contributed by atoms with E-state index >= 15 is 0 Å². The monoisotopic (exact) mass is 214 g/mol. The first-order valence-electron chi connectivity index (χ1n) is 4.32. The van der Waals surface area contributed by atoms with Gasteiger partial charge in [-0.25, -0.2) is 4.79 Å². The third kappa shape index (κ3) is 8.73. The van der Waals surface area contributed by atoms with Gasteiger partial charge in [-0.1, -0.05) is 18.2 Å². The lowest BCUT2D eigenvalue weighted by Gasteiger charge is -2.00. The fourth-order valence-electron chi connectivity index (χ4n) is 0.662. The summed E-state index contributed by atoms with van der Waals surface area (Å²) in [7, 11) is 0. The summed E-state index contributed by atoms with van der Waals surface area (Å²) < 4.78 is 4.87. The Bertz CT molecular complexity index is 258. The van der Waals surface area contributed by atoms with Crippen molar-refractivity contribution in [2.24, 2.45) is 0 Å². The second-order valence-electron chi connectivity index (χ2n) is 2.44. The molecular formula is C10H14O5. The van der Waals surface area contributed by atoms with E-state index in [0.717, 1.165) is 0 Å². The van der Waals surface area contributed by atoms with Crippen LogP contribution >= 0.6 is 0 Å². The van der Waals surface area contributed by atoms with E-state index in [-0.39, 0.29) is 19.8 Å². The third-order valence-electron chi connectivity index (χ3n) is 1.21. The Morgan fingerprint density at radius 2 is 1.67 bits per heavy atom. The summed E-state index contributed by atoms with van der Waals surface area (Å²) in [5.74, 6) is -0.385. The van der Waals surface area contributed by atoms with Crippen LogP contribution in [0.15, 0.2) is 30.3 Å². The highest BCUT2D eigenvalue weighted by molar-refractivity contribution is 5.68. The van der Waals surface area contributed by atoms with Gasteiger partial charge < -0.3 is 20.1 Å². The number of hydrogen-bond acceptors (Lipinski definition) is 4. The minimum atomic E-state index is -0.964. The summed E-state index contributed by atoms with van der Waals surface area (Å²) >= 11 is 0. The normalized spacial score (nSPS) is 8.67. The molecule has 0 atom stereocenters. The summed E-state index contributed by atoms with van der Waals surface area (Å²) in [6.45, 7) is -0.538. The van der Waals surface area contributed by atoms with Crippen LogP contribution in [0.2, 0.25) is 0 Å². The van der Waals surface area contributed by atoms with E-state index in [0.29, 0.717) is 5.75 Å². The molecular weight excluding hydrogens is 200 g/mol. The SMILES string of the molecule is O=C(O)COc1ccccc1.OCCO. The summed E-state index contributed by atoms with van der Waals surface area (Å²) in [5, 5.41) is 23.5. The van der Waals surface area contributed by atoms with Crippen LogP contribution in [0.3, 0.4) is 0 Å². The quantitative estimate of drug-likeness (QED) is 0.662. The predicted molar refractivity (Wildman–Crippen MR) is 53.7 cm³/mol. The summed E-state index contributed by atoms with van der Waals surface area (Å²) in [6, 6.07) is 8.84. The number of aliphatic hydroxyl groups excluding tert-OH is 2. The van der Waals surface area contributed by atoms with Crippen molar-refractivity contribution in [3.8, 4) is 5.75 Å². The minimum absolute atomic E-state index is 0.125. The van der Waals surface area contributed by atoms with Crippen molar-refractivity contribution < 1.29 is 24.9 Å². The topological polar surface area (TPSA) is 87.0 Å². The van der Waals surface area contributed by atoms with Gasteiger partial charge in [0, 0.05) is 0 Å². The molecule has 0 amide bonds. The molecule has 1 rings (SSSR count). The Kier molecular flexibility index (Phi) is 8.03. The number of aliphatic carboxylic acids is 1. The smallest absolute Gasteiger partial charge is 0.341 e. The zero-order chi connectivity index (χ0) is 11.5. The van der Waals surface area contributed by atoms with E-state index in [1.54, 1.807) is 24.3 Å². The van der Waals surface area contributed by atoms with Crippen LogP contribution in [0.4, 0.5) is 0 Å². The molecule has 0 aliphatic carbocycles. The molecule has 3 N–H and O–H groups in total. The van der Waals surface area contributed by atoms with Crippen molar-refractivity contribution in [2.45, 2.75) is 0 Å². The number of hydrogen-bond donors (Lipinski definition) is 3. The van der Waals surface area contributed by atoms with Crippen molar-refractivity contribution in [3.05, 3.63) is 30.3 Å². The molecule has 84 valence electrons. The molecule has 0 aliphatic rings. The highest BCUT2D eigenvalue weighted by atomic mass is 16.5. The van der Waals surface area contributed by atoms with E-state index in [1.807, 2.05) is 6.07 Å². The molecule has 1 aromatic rings. The minimum Gasteiger partial charge on any atom is -0.482 e. The maximum absolute atomic E-state index is 10.0. The molecule has 5 nitrogen and oxygen atoms in total. The number of carbonyl (C=O) groups is 1. The molecule has 1 aromatic carbocycles. The fraction of sp³-hybridized carbons (Fsp3) is 0.300. The molecule has 0 saturated carbocycles. The molecule has 0 radical (unpaired) electrons. The molecule has 0 aliphatic heterocycles. The molecule has 0 saturated heterocycles. The van der Waals surface area contributed by atoms with Crippen LogP contribution < -0.4 is 4.74 Å². The Morgan fingerprint density at radius 1 is 1.13 bits per heavy atom. The zero-order valence-corrected chi connectivity index (χ0v) is 8.17. The molecule has 0 heterocycles. The fourth-order valence-corrected chi connectivity index (χ4v) is 0.662. The second kappa shape index (κ2) is 8.98. The van der Waals surface area contributed by atoms with Crippen molar-refractivity contribution in [1.82, 2.24) is 0 Å². The van der Waals surface area contributed by atoms with Crippen LogP contribution in [-0.2, 0) is 4.79 Å². The van der Waals surface area contributed by atoms with Gasteiger partial charge in [0.25, 0.3) is 0 Å². The maximum Gasteiger partial charge on any atom is 0.341 e. The van der Waals surface area contributed by atoms with E-state index in [1.165, 1.54) is 0 Å². The Morgan fingerprint density at radius 3 is 2.07 bits per heavy atom. The van der Waals surface area contributed by atoms with Crippen molar-refractivity contribution in [3.63, 3.8) is 0 Å². The average Bonchev–Trinajstić information content (AvgIpc) is 2.28. The largest absolute Gasteiger partial charge is 0.482 e. The molecule has 0 bridgehead atoms.